The molecule has 4 atom stereocenters. The molecule has 1 N–H and O–H groups in total. The number of hydrogen-bond acceptors (Lipinski definition) is 7. The number of hydrogen-bond donors (Lipinski definition) is 1. The summed E-state index contributed by atoms with van der Waals surface area (Å²) in [4.78, 5) is 14.6. The van der Waals surface area contributed by atoms with Crippen LogP contribution < -0.4 is 5.32 Å². The Balaban J connectivity index is 1.45. The predicted octanol–water partition coefficient (Wildman–Crippen LogP) is 4.93. The Morgan fingerprint density at radius 2 is 2.16 bits per heavy atom. The van der Waals surface area contributed by atoms with Gasteiger partial charge in [-0.1, -0.05) is 24.6 Å². The summed E-state index contributed by atoms with van der Waals surface area (Å²) in [5.74, 6) is -0.472. The van der Waals surface area contributed by atoms with Gasteiger partial charge in [-0.3, -0.25) is 8.96 Å². The quantitative estimate of drug-likeness (QED) is 0.520. The van der Waals surface area contributed by atoms with Crippen molar-refractivity contribution in [2.24, 2.45) is 5.92 Å². The lowest BCUT2D eigenvalue weighted by molar-refractivity contribution is -0.147. The molecular weight excluding hydrogens is 453 g/mol. The molecule has 4 heterocycles. The first-order valence-electron chi connectivity index (χ1n) is 10.7. The van der Waals surface area contributed by atoms with E-state index in [2.05, 4.69) is 27.2 Å². The highest BCUT2D eigenvalue weighted by molar-refractivity contribution is 7.10. The number of ether oxygens (including phenoxy) is 2. The predicted molar refractivity (Wildman–Crippen MR) is 124 cm³/mol. The van der Waals surface area contributed by atoms with E-state index in [0.29, 0.717) is 17.0 Å². The number of nitrogens with one attached hydrogen (secondary N) is 1. The van der Waals surface area contributed by atoms with E-state index >= 15 is 0 Å². The Bertz CT molecular complexity index is 1160. The van der Waals surface area contributed by atoms with Crippen molar-refractivity contribution in [3.05, 3.63) is 40.1 Å². The van der Waals surface area contributed by atoms with E-state index in [4.69, 9.17) is 21.1 Å². The van der Waals surface area contributed by atoms with Gasteiger partial charge >= 0.3 is 0 Å². The number of fused-ring (bicyclic) bond motifs is 2. The molecule has 2 aliphatic rings. The lowest BCUT2D eigenvalue weighted by Gasteiger charge is -2.20. The van der Waals surface area contributed by atoms with Crippen LogP contribution in [-0.4, -0.2) is 50.2 Å². The number of rotatable bonds is 7. The lowest BCUT2D eigenvalue weighted by atomic mass is 10.1. The third kappa shape index (κ3) is 3.81. The van der Waals surface area contributed by atoms with Crippen LogP contribution in [0, 0.1) is 5.92 Å². The summed E-state index contributed by atoms with van der Waals surface area (Å²) in [6.07, 6.45) is 6.04. The molecule has 170 valence electrons. The van der Waals surface area contributed by atoms with Crippen molar-refractivity contribution >= 4 is 45.6 Å². The zero-order chi connectivity index (χ0) is 22.5. The van der Waals surface area contributed by atoms with Gasteiger partial charge in [0.2, 0.25) is 0 Å². The van der Waals surface area contributed by atoms with Crippen LogP contribution in [0.5, 0.6) is 0 Å². The number of anilines is 1. The van der Waals surface area contributed by atoms with Crippen LogP contribution in [0.4, 0.5) is 10.2 Å². The lowest BCUT2D eigenvalue weighted by Crippen LogP contribution is -2.27. The van der Waals surface area contributed by atoms with Crippen LogP contribution in [0.25, 0.3) is 16.9 Å². The molecule has 10 heteroatoms. The monoisotopic (exact) mass is 477 g/mol. The molecule has 5 rings (SSSR count). The molecule has 32 heavy (non-hydrogen) atoms. The second kappa shape index (κ2) is 8.37. The van der Waals surface area contributed by atoms with E-state index in [0.717, 1.165) is 28.4 Å². The number of alkyl halides is 1. The third-order valence-corrected chi connectivity index (χ3v) is 7.38. The van der Waals surface area contributed by atoms with Gasteiger partial charge in [0, 0.05) is 23.3 Å². The van der Waals surface area contributed by atoms with Crippen LogP contribution in [0.2, 0.25) is 5.02 Å². The molecule has 3 aromatic heterocycles. The zero-order valence-corrected chi connectivity index (χ0v) is 19.7. The Kier molecular flexibility index (Phi) is 5.69. The summed E-state index contributed by atoms with van der Waals surface area (Å²) in [7, 11) is 0. The van der Waals surface area contributed by atoms with Crippen LogP contribution in [0.3, 0.4) is 0 Å². The number of aromatic nitrogens is 4. The average Bonchev–Trinajstić information content (AvgIpc) is 3.51. The summed E-state index contributed by atoms with van der Waals surface area (Å²) < 4.78 is 27.6. The molecule has 0 amide bonds. The second-order valence-corrected chi connectivity index (χ2v) is 9.99. The van der Waals surface area contributed by atoms with Crippen molar-refractivity contribution in [1.82, 2.24) is 19.5 Å². The van der Waals surface area contributed by atoms with Gasteiger partial charge < -0.3 is 14.8 Å². The largest absolute Gasteiger partial charge is 0.365 e. The maximum Gasteiger partial charge on any atom is 0.169 e. The number of imidazole rings is 1. The Labute approximate surface area is 194 Å². The van der Waals surface area contributed by atoms with Gasteiger partial charge in [0.05, 0.1) is 17.4 Å². The normalized spacial score (nSPS) is 25.2. The molecule has 0 aromatic carbocycles. The first-order chi connectivity index (χ1) is 15.4. The molecule has 0 saturated carbocycles. The smallest absolute Gasteiger partial charge is 0.169 e. The Morgan fingerprint density at radius 1 is 1.31 bits per heavy atom. The van der Waals surface area contributed by atoms with Gasteiger partial charge in [-0.05, 0) is 31.7 Å². The van der Waals surface area contributed by atoms with Gasteiger partial charge in [-0.15, -0.1) is 11.3 Å². The van der Waals surface area contributed by atoms with Crippen molar-refractivity contribution in [1.29, 1.82) is 0 Å². The minimum Gasteiger partial charge on any atom is -0.365 e. The fourth-order valence-corrected chi connectivity index (χ4v) is 5.60. The van der Waals surface area contributed by atoms with Crippen LogP contribution >= 0.6 is 22.9 Å². The van der Waals surface area contributed by atoms with Crippen LogP contribution in [0.15, 0.2) is 30.2 Å². The average molecular weight is 478 g/mol. The molecule has 1 saturated heterocycles. The summed E-state index contributed by atoms with van der Waals surface area (Å²) in [6, 6.07) is 2.06. The van der Waals surface area contributed by atoms with Crippen molar-refractivity contribution in [3.63, 3.8) is 0 Å². The van der Waals surface area contributed by atoms with Gasteiger partial charge in [0.1, 0.15) is 24.9 Å². The molecule has 0 spiro atoms. The molecular formula is C22H25ClFN5O2S. The van der Waals surface area contributed by atoms with Crippen molar-refractivity contribution < 1.29 is 13.9 Å². The highest BCUT2D eigenvalue weighted by Gasteiger charge is 2.50. The summed E-state index contributed by atoms with van der Waals surface area (Å²) in [5, 5.41) is 6.30. The fourth-order valence-electron chi connectivity index (χ4n) is 4.40. The van der Waals surface area contributed by atoms with Gasteiger partial charge in [-0.25, -0.2) is 15.0 Å². The fraction of sp³-hybridized carbons (Fsp3) is 0.500. The van der Waals surface area contributed by atoms with E-state index < -0.39 is 12.5 Å². The summed E-state index contributed by atoms with van der Waals surface area (Å²) >= 11 is 7.94. The minimum atomic E-state index is -0.766. The van der Waals surface area contributed by atoms with Crippen molar-refractivity contribution in [3.8, 4) is 0 Å². The molecule has 7 nitrogen and oxygen atoms in total. The number of nitrogens with zero attached hydrogens (tertiary/aromatic N) is 4. The topological polar surface area (TPSA) is 74.1 Å². The first kappa shape index (κ1) is 21.8. The SMILES string of the molecule is CC[C@H](Cc1sccc1Cl)Nc1ncnc2c1ncn2C1=C[C@H](CF)[C@H]2OC(C)(C)O[C@@H]12. The molecule has 1 fully saturated rings. The first-order valence-corrected chi connectivity index (χ1v) is 12.0. The van der Waals surface area contributed by atoms with Gasteiger partial charge in [0.15, 0.2) is 22.8 Å². The zero-order valence-electron chi connectivity index (χ0n) is 18.1. The van der Waals surface area contributed by atoms with Crippen LogP contribution in [0.1, 0.15) is 32.1 Å². The highest BCUT2D eigenvalue weighted by Crippen LogP contribution is 2.43. The van der Waals surface area contributed by atoms with Crippen molar-refractivity contribution in [2.75, 3.05) is 12.0 Å². The standard InChI is InChI=1S/C22H25ClFN5O2S/c1-4-13(8-16-14(23)5-6-32-16)28-20-17-21(26-10-25-20)29(11-27-17)15-7-12(9-24)18-19(15)31-22(2,3)30-18/h5-7,10-13,18-19H,4,8-9H2,1-3H3,(H,25,26,28)/t12-,13-,18-,19+/m1/s1. The minimum absolute atomic E-state index is 0.146. The molecule has 1 aliphatic heterocycles. The van der Waals surface area contributed by atoms with Gasteiger partial charge in [0.25, 0.3) is 0 Å². The molecule has 0 bridgehead atoms. The molecule has 3 aromatic rings. The third-order valence-electron chi connectivity index (χ3n) is 5.97. The number of thiophene rings is 1. The maximum atomic E-state index is 13.7. The molecule has 0 radical (unpaired) electrons. The highest BCUT2D eigenvalue weighted by atomic mass is 35.5. The number of halogens is 2. The van der Waals surface area contributed by atoms with E-state index in [1.165, 1.54) is 6.33 Å². The Hall–Kier alpha value is -2.07. The van der Waals surface area contributed by atoms with Gasteiger partial charge in [-0.2, -0.15) is 0 Å². The van der Waals surface area contributed by atoms with E-state index in [9.17, 15) is 4.39 Å². The van der Waals surface area contributed by atoms with Crippen LogP contribution in [-0.2, 0) is 15.9 Å². The van der Waals surface area contributed by atoms with Crippen molar-refractivity contribution in [2.45, 2.75) is 57.6 Å². The van der Waals surface area contributed by atoms with E-state index in [1.54, 1.807) is 17.7 Å². The summed E-state index contributed by atoms with van der Waals surface area (Å²) in [6.45, 7) is 5.30. The summed E-state index contributed by atoms with van der Waals surface area (Å²) in [5.41, 5.74) is 2.10. The molecule has 0 unspecified atom stereocenters. The second-order valence-electron chi connectivity index (χ2n) is 8.58. The van der Waals surface area contributed by atoms with E-state index in [1.807, 2.05) is 35.9 Å². The Morgan fingerprint density at radius 3 is 2.88 bits per heavy atom. The maximum absolute atomic E-state index is 13.7. The molecule has 1 aliphatic carbocycles. The van der Waals surface area contributed by atoms with E-state index in [-0.39, 0.29) is 24.2 Å².